The molecule has 1 unspecified atom stereocenters. The van der Waals surface area contributed by atoms with E-state index in [1.807, 2.05) is 0 Å². The Hall–Kier alpha value is -1.95. The van der Waals surface area contributed by atoms with Gasteiger partial charge in [0.05, 0.1) is 14.2 Å². The molecule has 1 atom stereocenters. The van der Waals surface area contributed by atoms with E-state index < -0.39 is 40.0 Å². The van der Waals surface area contributed by atoms with Crippen LogP contribution >= 0.6 is 0 Å². The highest BCUT2D eigenvalue weighted by Gasteiger charge is 2.69. The van der Waals surface area contributed by atoms with Crippen molar-refractivity contribution in [2.24, 2.45) is 0 Å². The minimum atomic E-state index is -6.45. The van der Waals surface area contributed by atoms with Gasteiger partial charge in [-0.15, -0.1) is 0 Å². The summed E-state index contributed by atoms with van der Waals surface area (Å²) in [4.78, 5) is 11.5. The van der Waals surface area contributed by atoms with Gasteiger partial charge in [-0.05, 0) is 37.0 Å². The summed E-state index contributed by atoms with van der Waals surface area (Å²) in [5.41, 5.74) is 0.739. The van der Waals surface area contributed by atoms with Crippen LogP contribution in [-0.4, -0.2) is 46.1 Å². The van der Waals surface area contributed by atoms with E-state index in [9.17, 15) is 35.2 Å². The van der Waals surface area contributed by atoms with Crippen molar-refractivity contribution in [1.82, 2.24) is 0 Å². The molecule has 1 rings (SSSR count). The monoisotopic (exact) mass is 420 g/mol. The van der Waals surface area contributed by atoms with Crippen LogP contribution in [0.3, 0.4) is 0 Å². The molecule has 1 aromatic carbocycles. The number of ether oxygens (including phenoxy) is 2. The number of benzene rings is 1. The van der Waals surface area contributed by atoms with Gasteiger partial charge < -0.3 is 9.47 Å². The van der Waals surface area contributed by atoms with Gasteiger partial charge in [0.2, 0.25) is 0 Å². The number of carbonyl (C=O) groups excluding carboxylic acids is 1. The van der Waals surface area contributed by atoms with Gasteiger partial charge >= 0.3 is 27.5 Å². The van der Waals surface area contributed by atoms with E-state index in [-0.39, 0.29) is 12.8 Å². The van der Waals surface area contributed by atoms with Crippen LogP contribution in [0, 0.1) is 0 Å². The van der Waals surface area contributed by atoms with E-state index in [1.165, 1.54) is 7.11 Å². The second-order valence-corrected chi connectivity index (χ2v) is 6.93. The molecular weight excluding hydrogens is 403 g/mol. The Bertz CT molecular complexity index is 730. The fourth-order valence-corrected chi connectivity index (χ4v) is 2.86. The van der Waals surface area contributed by atoms with E-state index in [2.05, 4.69) is 8.92 Å². The smallest absolute Gasteiger partial charge is 0.472 e. The Balaban J connectivity index is 2.82. The average Bonchev–Trinajstić information content (AvgIpc) is 2.59. The van der Waals surface area contributed by atoms with Crippen molar-refractivity contribution in [1.29, 1.82) is 0 Å². The van der Waals surface area contributed by atoms with Crippen LogP contribution in [0.1, 0.15) is 18.4 Å². The molecule has 154 valence electrons. The molecule has 0 aliphatic heterocycles. The first-order chi connectivity index (χ1) is 12.4. The zero-order valence-electron chi connectivity index (χ0n) is 14.3. The highest BCUT2D eigenvalue weighted by Crippen LogP contribution is 2.41. The summed E-state index contributed by atoms with van der Waals surface area (Å²) in [6.07, 6.45) is -8.65. The third kappa shape index (κ3) is 5.76. The number of aryl methyl sites for hydroxylation is 1. The van der Waals surface area contributed by atoms with Crippen LogP contribution in [0.2, 0.25) is 0 Å². The summed E-state index contributed by atoms with van der Waals surface area (Å²) < 4.78 is 98.7. The summed E-state index contributed by atoms with van der Waals surface area (Å²) in [7, 11) is -4.17. The maximum absolute atomic E-state index is 13.1. The highest BCUT2D eigenvalue weighted by atomic mass is 32.2. The fourth-order valence-electron chi connectivity index (χ4n) is 1.98. The molecule has 0 aliphatic carbocycles. The lowest BCUT2D eigenvalue weighted by Crippen LogP contribution is -2.47. The Morgan fingerprint density at radius 3 is 2.07 bits per heavy atom. The van der Waals surface area contributed by atoms with Gasteiger partial charge in [-0.2, -0.15) is 30.4 Å². The maximum Gasteiger partial charge on any atom is 0.472 e. The van der Waals surface area contributed by atoms with Crippen LogP contribution in [0.25, 0.3) is 0 Å². The topological polar surface area (TPSA) is 78.9 Å². The molecule has 0 saturated heterocycles. The molecule has 6 nitrogen and oxygen atoms in total. The minimum Gasteiger partial charge on any atom is -0.497 e. The lowest BCUT2D eigenvalue weighted by Gasteiger charge is -2.22. The van der Waals surface area contributed by atoms with Crippen molar-refractivity contribution < 1.29 is 48.8 Å². The maximum atomic E-state index is 13.1. The van der Waals surface area contributed by atoms with Crippen molar-refractivity contribution >= 4 is 16.1 Å². The van der Waals surface area contributed by atoms with Crippen LogP contribution in [0.5, 0.6) is 5.75 Å². The molecule has 12 heteroatoms. The van der Waals surface area contributed by atoms with E-state index in [1.54, 1.807) is 24.3 Å². The molecule has 0 bridgehead atoms. The van der Waals surface area contributed by atoms with E-state index in [4.69, 9.17) is 4.74 Å². The van der Waals surface area contributed by atoms with Gasteiger partial charge in [-0.3, -0.25) is 0 Å². The second-order valence-electron chi connectivity index (χ2n) is 5.32. The van der Waals surface area contributed by atoms with Crippen molar-refractivity contribution in [2.75, 3.05) is 14.2 Å². The Morgan fingerprint density at radius 1 is 1.07 bits per heavy atom. The summed E-state index contributed by atoms with van der Waals surface area (Å²) in [5.74, 6) is -0.804. The molecule has 0 radical (unpaired) electrons. The number of esters is 1. The predicted molar refractivity (Wildman–Crippen MR) is 82.7 cm³/mol. The molecule has 0 spiro atoms. The average molecular weight is 420 g/mol. The normalized spacial score (nSPS) is 13.9. The SMILES string of the molecule is COC(=O)C(CCCc1ccc(OC)cc1)OS(=O)(=O)C(F)(F)C(F)(F)F. The first-order valence-corrected chi connectivity index (χ1v) is 8.84. The van der Waals surface area contributed by atoms with E-state index >= 15 is 0 Å². The van der Waals surface area contributed by atoms with Crippen molar-refractivity contribution in [2.45, 2.75) is 36.8 Å². The Morgan fingerprint density at radius 2 is 1.63 bits per heavy atom. The number of carbonyl (C=O) groups is 1. The number of hydrogen-bond acceptors (Lipinski definition) is 6. The standard InChI is InChI=1S/C15H17F5O6S/c1-24-11-8-6-10(7-9-11)4-3-5-12(13(21)25-2)26-27(22,23)15(19,20)14(16,17)18/h6-9,12H,3-5H2,1-2H3. The summed E-state index contributed by atoms with van der Waals surface area (Å²) in [5, 5.41) is -6.16. The van der Waals surface area contributed by atoms with Gasteiger partial charge in [-0.1, -0.05) is 12.1 Å². The highest BCUT2D eigenvalue weighted by molar-refractivity contribution is 7.87. The summed E-state index contributed by atoms with van der Waals surface area (Å²) in [6.45, 7) is 0. The van der Waals surface area contributed by atoms with Gasteiger partial charge in [0.1, 0.15) is 5.75 Å². The Labute approximate surface area is 152 Å². The molecule has 0 amide bonds. The van der Waals surface area contributed by atoms with Crippen LogP contribution in [0.4, 0.5) is 22.0 Å². The third-order valence-corrected chi connectivity index (χ3v) is 4.79. The van der Waals surface area contributed by atoms with Crippen LogP contribution in [0.15, 0.2) is 24.3 Å². The third-order valence-electron chi connectivity index (χ3n) is 3.44. The molecule has 0 aromatic heterocycles. The van der Waals surface area contributed by atoms with Crippen molar-refractivity contribution in [3.05, 3.63) is 29.8 Å². The number of halogens is 5. The largest absolute Gasteiger partial charge is 0.497 e. The molecule has 0 N–H and O–H groups in total. The molecule has 27 heavy (non-hydrogen) atoms. The van der Waals surface area contributed by atoms with Crippen LogP contribution < -0.4 is 4.74 Å². The zero-order valence-corrected chi connectivity index (χ0v) is 15.1. The summed E-state index contributed by atoms with van der Waals surface area (Å²) in [6, 6.07) is 6.61. The van der Waals surface area contributed by atoms with Gasteiger partial charge in [-0.25, -0.2) is 8.98 Å². The number of hydrogen-bond donors (Lipinski definition) is 0. The molecule has 0 aliphatic rings. The quantitative estimate of drug-likeness (QED) is 0.347. The lowest BCUT2D eigenvalue weighted by molar-refractivity contribution is -0.244. The number of alkyl halides is 5. The predicted octanol–water partition coefficient (Wildman–Crippen LogP) is 3.06. The Kier molecular flexibility index (Phi) is 7.55. The lowest BCUT2D eigenvalue weighted by atomic mass is 10.1. The number of rotatable bonds is 9. The zero-order chi connectivity index (χ0) is 20.9. The van der Waals surface area contributed by atoms with Gasteiger partial charge in [0, 0.05) is 0 Å². The first-order valence-electron chi connectivity index (χ1n) is 7.44. The summed E-state index contributed by atoms with van der Waals surface area (Å²) >= 11 is 0. The van der Waals surface area contributed by atoms with Crippen molar-refractivity contribution in [3.8, 4) is 5.75 Å². The molecule has 0 fully saturated rings. The van der Waals surface area contributed by atoms with Crippen molar-refractivity contribution in [3.63, 3.8) is 0 Å². The first kappa shape index (κ1) is 23.1. The molecular formula is C15H17F5O6S. The molecule has 0 saturated carbocycles. The second kappa shape index (κ2) is 8.83. The number of methoxy groups -OCH3 is 2. The molecule has 0 heterocycles. The van der Waals surface area contributed by atoms with Gasteiger partial charge in [0.25, 0.3) is 0 Å². The fraction of sp³-hybridized carbons (Fsp3) is 0.533. The van der Waals surface area contributed by atoms with Gasteiger partial charge in [0.15, 0.2) is 6.10 Å². The minimum absolute atomic E-state index is 0.0548. The van der Waals surface area contributed by atoms with E-state index in [0.717, 1.165) is 12.7 Å². The van der Waals surface area contributed by atoms with Crippen LogP contribution in [-0.2, 0) is 30.3 Å². The van der Waals surface area contributed by atoms with E-state index in [0.29, 0.717) is 5.75 Å². The molecule has 1 aromatic rings.